The van der Waals surface area contributed by atoms with Crippen molar-refractivity contribution in [3.05, 3.63) is 65.9 Å². The normalized spacial score (nSPS) is 15.1. The third kappa shape index (κ3) is 3.57. The summed E-state index contributed by atoms with van der Waals surface area (Å²) in [5, 5.41) is 3.70. The molecule has 1 aliphatic rings. The molecule has 1 N–H and O–H groups in total. The molecule has 2 aromatic carbocycles. The molecule has 0 saturated carbocycles. The van der Waals surface area contributed by atoms with Crippen molar-refractivity contribution in [3.63, 3.8) is 0 Å². The highest BCUT2D eigenvalue weighted by atomic mass is 16.6. The predicted molar refractivity (Wildman–Crippen MR) is 111 cm³/mol. The Labute approximate surface area is 168 Å². The topological polar surface area (TPSA) is 77.5 Å². The van der Waals surface area contributed by atoms with E-state index in [0.29, 0.717) is 23.4 Å². The van der Waals surface area contributed by atoms with E-state index >= 15 is 0 Å². The van der Waals surface area contributed by atoms with Gasteiger partial charge in [0, 0.05) is 28.4 Å². The van der Waals surface area contributed by atoms with E-state index in [4.69, 9.17) is 9.47 Å². The summed E-state index contributed by atoms with van der Waals surface area (Å²) in [7, 11) is 0. The van der Waals surface area contributed by atoms with Crippen LogP contribution in [-0.2, 0) is 14.3 Å². The summed E-state index contributed by atoms with van der Waals surface area (Å²) in [4.78, 5) is 28.8. The number of pyridine rings is 1. The fourth-order valence-electron chi connectivity index (χ4n) is 3.33. The van der Waals surface area contributed by atoms with Crippen molar-refractivity contribution < 1.29 is 19.1 Å². The molecule has 0 aliphatic carbocycles. The minimum atomic E-state index is -0.753. The van der Waals surface area contributed by atoms with Gasteiger partial charge < -0.3 is 14.8 Å². The van der Waals surface area contributed by atoms with Crippen LogP contribution in [0, 0.1) is 0 Å². The van der Waals surface area contributed by atoms with Crippen molar-refractivity contribution in [3.8, 4) is 5.75 Å². The van der Waals surface area contributed by atoms with Crippen LogP contribution in [0.1, 0.15) is 25.0 Å². The van der Waals surface area contributed by atoms with Crippen LogP contribution < -0.4 is 10.1 Å². The number of carbonyl (C=O) groups excluding carboxylic acids is 2. The quantitative estimate of drug-likeness (QED) is 0.527. The molecule has 0 saturated heterocycles. The number of esters is 1. The van der Waals surface area contributed by atoms with Crippen LogP contribution in [0.15, 0.2) is 54.7 Å². The van der Waals surface area contributed by atoms with Crippen molar-refractivity contribution in [2.24, 2.45) is 0 Å². The van der Waals surface area contributed by atoms with Crippen molar-refractivity contribution in [2.45, 2.75) is 20.0 Å². The molecule has 1 unspecified atom stereocenters. The van der Waals surface area contributed by atoms with Gasteiger partial charge in [0.1, 0.15) is 11.3 Å². The number of nitrogens with zero attached hydrogens (tertiary/aromatic N) is 1. The first kappa shape index (κ1) is 18.7. The lowest BCUT2D eigenvalue weighted by atomic mass is 10.0. The SMILES string of the molecule is CCOC(=O)C(C)Oc1ccc(C=C2C(=O)Nc3ccccc32)c2cccnc12. The summed E-state index contributed by atoms with van der Waals surface area (Å²) in [6.07, 6.45) is 2.76. The number of anilines is 1. The van der Waals surface area contributed by atoms with Crippen LogP contribution in [0.4, 0.5) is 5.69 Å². The molecule has 1 aromatic heterocycles. The molecule has 6 nitrogen and oxygen atoms in total. The summed E-state index contributed by atoms with van der Waals surface area (Å²) in [6, 6.07) is 14.9. The van der Waals surface area contributed by atoms with Crippen LogP contribution in [-0.4, -0.2) is 29.6 Å². The highest BCUT2D eigenvalue weighted by Gasteiger charge is 2.24. The van der Waals surface area contributed by atoms with Gasteiger partial charge in [-0.2, -0.15) is 0 Å². The van der Waals surface area contributed by atoms with E-state index in [2.05, 4.69) is 10.3 Å². The van der Waals surface area contributed by atoms with E-state index in [1.165, 1.54) is 0 Å². The molecule has 0 spiro atoms. The molecular formula is C23H20N2O4. The molecule has 0 fully saturated rings. The van der Waals surface area contributed by atoms with Crippen LogP contribution in [0.2, 0.25) is 0 Å². The minimum absolute atomic E-state index is 0.139. The summed E-state index contributed by atoms with van der Waals surface area (Å²) < 4.78 is 10.8. The van der Waals surface area contributed by atoms with Gasteiger partial charge in [0.15, 0.2) is 6.10 Å². The largest absolute Gasteiger partial charge is 0.477 e. The first-order valence-corrected chi connectivity index (χ1v) is 9.42. The predicted octanol–water partition coefficient (Wildman–Crippen LogP) is 4.06. The van der Waals surface area contributed by atoms with Gasteiger partial charge in [0.05, 0.1) is 6.61 Å². The van der Waals surface area contributed by atoms with Crippen molar-refractivity contribution in [1.82, 2.24) is 4.98 Å². The first-order chi connectivity index (χ1) is 14.1. The highest BCUT2D eigenvalue weighted by molar-refractivity contribution is 6.35. The van der Waals surface area contributed by atoms with Gasteiger partial charge in [-0.15, -0.1) is 0 Å². The molecule has 29 heavy (non-hydrogen) atoms. The van der Waals surface area contributed by atoms with Crippen molar-refractivity contribution >= 4 is 40.1 Å². The zero-order valence-corrected chi connectivity index (χ0v) is 16.1. The maximum absolute atomic E-state index is 12.4. The van der Waals surface area contributed by atoms with Gasteiger partial charge in [-0.25, -0.2) is 4.79 Å². The minimum Gasteiger partial charge on any atom is -0.477 e. The van der Waals surface area contributed by atoms with Crippen molar-refractivity contribution in [2.75, 3.05) is 11.9 Å². The van der Waals surface area contributed by atoms with Crippen LogP contribution in [0.3, 0.4) is 0 Å². The first-order valence-electron chi connectivity index (χ1n) is 9.42. The molecule has 4 rings (SSSR count). The average Bonchev–Trinajstić information content (AvgIpc) is 3.05. The fraction of sp³-hybridized carbons (Fsp3) is 0.174. The molecule has 0 radical (unpaired) electrons. The zero-order valence-electron chi connectivity index (χ0n) is 16.1. The lowest BCUT2D eigenvalue weighted by Crippen LogP contribution is -2.26. The molecule has 2 heterocycles. The Morgan fingerprint density at radius 1 is 1.17 bits per heavy atom. The zero-order chi connectivity index (χ0) is 20.4. The Bertz CT molecular complexity index is 1140. The Morgan fingerprint density at radius 3 is 2.83 bits per heavy atom. The number of aromatic nitrogens is 1. The Kier molecular flexibility index (Phi) is 4.99. The lowest BCUT2D eigenvalue weighted by molar-refractivity contribution is -0.150. The monoisotopic (exact) mass is 388 g/mol. The average molecular weight is 388 g/mol. The number of fused-ring (bicyclic) bond motifs is 2. The van der Waals surface area contributed by atoms with Gasteiger partial charge in [-0.05, 0) is 43.7 Å². The molecule has 1 atom stereocenters. The molecular weight excluding hydrogens is 368 g/mol. The van der Waals surface area contributed by atoms with Crippen LogP contribution >= 0.6 is 0 Å². The standard InChI is InChI=1S/C23H20N2O4/c1-3-28-23(27)14(2)29-20-11-10-15(16-8-6-12-24-21(16)20)13-18-17-7-4-5-9-19(17)25-22(18)26/h4-14H,3H2,1-2H3,(H,25,26). The Hall–Kier alpha value is -3.67. The van der Waals surface area contributed by atoms with Gasteiger partial charge in [-0.3, -0.25) is 9.78 Å². The maximum Gasteiger partial charge on any atom is 0.347 e. The van der Waals surface area contributed by atoms with E-state index in [1.807, 2.05) is 48.5 Å². The van der Waals surface area contributed by atoms with Gasteiger partial charge >= 0.3 is 5.97 Å². The summed E-state index contributed by atoms with van der Waals surface area (Å²) >= 11 is 0. The second-order valence-electron chi connectivity index (χ2n) is 6.62. The second-order valence-corrected chi connectivity index (χ2v) is 6.62. The highest BCUT2D eigenvalue weighted by Crippen LogP contribution is 2.35. The van der Waals surface area contributed by atoms with Crippen LogP contribution in [0.25, 0.3) is 22.6 Å². The maximum atomic E-state index is 12.4. The lowest BCUT2D eigenvalue weighted by Gasteiger charge is -2.15. The van der Waals surface area contributed by atoms with E-state index in [0.717, 1.165) is 22.2 Å². The summed E-state index contributed by atoms with van der Waals surface area (Å²) in [5.74, 6) is -0.0823. The number of benzene rings is 2. The molecule has 6 heteroatoms. The number of hydrogen-bond donors (Lipinski definition) is 1. The molecule has 0 bridgehead atoms. The third-order valence-corrected chi connectivity index (χ3v) is 4.70. The summed E-state index contributed by atoms with van der Waals surface area (Å²) in [5.41, 5.74) is 3.72. The number of carbonyl (C=O) groups is 2. The second kappa shape index (κ2) is 7.75. The fourth-order valence-corrected chi connectivity index (χ4v) is 3.33. The van der Waals surface area contributed by atoms with Gasteiger partial charge in [0.2, 0.25) is 0 Å². The van der Waals surface area contributed by atoms with Crippen molar-refractivity contribution in [1.29, 1.82) is 0 Å². The molecule has 1 aliphatic heterocycles. The number of hydrogen-bond acceptors (Lipinski definition) is 5. The van der Waals surface area contributed by atoms with E-state index in [1.54, 1.807) is 26.1 Å². The van der Waals surface area contributed by atoms with E-state index < -0.39 is 12.1 Å². The van der Waals surface area contributed by atoms with Crippen LogP contribution in [0.5, 0.6) is 5.75 Å². The summed E-state index contributed by atoms with van der Waals surface area (Å²) in [6.45, 7) is 3.69. The van der Waals surface area contributed by atoms with E-state index in [9.17, 15) is 9.59 Å². The molecule has 3 aromatic rings. The third-order valence-electron chi connectivity index (χ3n) is 4.70. The smallest absolute Gasteiger partial charge is 0.347 e. The molecule has 1 amide bonds. The van der Waals surface area contributed by atoms with E-state index in [-0.39, 0.29) is 5.91 Å². The number of para-hydroxylation sites is 1. The van der Waals surface area contributed by atoms with Gasteiger partial charge in [-0.1, -0.05) is 30.3 Å². The van der Waals surface area contributed by atoms with Gasteiger partial charge in [0.25, 0.3) is 5.91 Å². The number of nitrogens with one attached hydrogen (secondary N) is 1. The molecule has 146 valence electrons. The Balaban J connectivity index is 1.75. The number of rotatable bonds is 5. The number of amides is 1. The Morgan fingerprint density at radius 2 is 2.00 bits per heavy atom. The number of ether oxygens (including phenoxy) is 2.